The van der Waals surface area contributed by atoms with E-state index in [-0.39, 0.29) is 46.7 Å². The van der Waals surface area contributed by atoms with Crippen molar-refractivity contribution < 1.29 is 19.1 Å². The van der Waals surface area contributed by atoms with Crippen LogP contribution in [-0.2, 0) is 19.1 Å². The Hall–Kier alpha value is -0.740. The molecule has 4 nitrogen and oxygen atoms in total. The second-order valence-corrected chi connectivity index (χ2v) is 12.7. The van der Waals surface area contributed by atoms with Crippen molar-refractivity contribution in [2.45, 2.75) is 117 Å². The standard InChI is InChI=1S/C28H44O4/c1-7-8-16(2)20-9-10-21-25-22(14-24(30)27(20,21)6)26(5)11-12-28(15-19(26)13-23(25)29)31-17(3)18(4)32-28/h16-22,25H,7-15H2,1-6H3/t16?,17?,18?,19?,20?,21?,22?,25?,26-,27+,28?/m0/s1. The van der Waals surface area contributed by atoms with E-state index in [0.29, 0.717) is 36.2 Å². The van der Waals surface area contributed by atoms with Crippen molar-refractivity contribution in [3.63, 3.8) is 0 Å². The third kappa shape index (κ3) is 3.07. The quantitative estimate of drug-likeness (QED) is 0.539. The van der Waals surface area contributed by atoms with Crippen molar-refractivity contribution in [3.8, 4) is 0 Å². The molecule has 1 aliphatic heterocycles. The second-order valence-electron chi connectivity index (χ2n) is 12.7. The van der Waals surface area contributed by atoms with Crippen LogP contribution >= 0.6 is 0 Å². The molecule has 32 heavy (non-hydrogen) atoms. The van der Waals surface area contributed by atoms with Gasteiger partial charge in [0.2, 0.25) is 0 Å². The van der Waals surface area contributed by atoms with Crippen LogP contribution < -0.4 is 0 Å². The molecule has 5 aliphatic rings. The molecule has 1 heterocycles. The van der Waals surface area contributed by atoms with Crippen molar-refractivity contribution in [1.29, 1.82) is 0 Å². The molecule has 4 saturated carbocycles. The number of ether oxygens (including phenoxy) is 2. The summed E-state index contributed by atoms with van der Waals surface area (Å²) in [4.78, 5) is 27.6. The Morgan fingerprint density at radius 3 is 2.34 bits per heavy atom. The van der Waals surface area contributed by atoms with Gasteiger partial charge in [-0.3, -0.25) is 9.59 Å². The normalized spacial score (nSPS) is 53.8. The zero-order valence-corrected chi connectivity index (χ0v) is 21.1. The van der Waals surface area contributed by atoms with E-state index in [1.807, 2.05) is 0 Å². The minimum Gasteiger partial charge on any atom is -0.344 e. The van der Waals surface area contributed by atoms with Gasteiger partial charge in [-0.25, -0.2) is 0 Å². The third-order valence-electron chi connectivity index (χ3n) is 11.3. The molecule has 0 radical (unpaired) electrons. The van der Waals surface area contributed by atoms with Gasteiger partial charge in [0, 0.05) is 37.0 Å². The lowest BCUT2D eigenvalue weighted by Gasteiger charge is -2.60. The van der Waals surface area contributed by atoms with Gasteiger partial charge < -0.3 is 9.47 Å². The summed E-state index contributed by atoms with van der Waals surface area (Å²) in [5.74, 6) is 2.17. The van der Waals surface area contributed by atoms with Gasteiger partial charge in [0.05, 0.1) is 12.2 Å². The molecule has 0 aromatic heterocycles. The van der Waals surface area contributed by atoms with Gasteiger partial charge in [0.25, 0.3) is 0 Å². The van der Waals surface area contributed by atoms with Crippen LogP contribution in [0.1, 0.15) is 99.3 Å². The molecule has 4 heteroatoms. The predicted octanol–water partition coefficient (Wildman–Crippen LogP) is 5.96. The summed E-state index contributed by atoms with van der Waals surface area (Å²) in [6, 6.07) is 0. The highest BCUT2D eigenvalue weighted by Crippen LogP contribution is 2.67. The fourth-order valence-corrected chi connectivity index (χ4v) is 9.31. The number of Topliss-reactive ketones (excluding diaryl/α,β-unsaturated/α-hetero) is 2. The Labute approximate surface area is 194 Å². The maximum atomic E-state index is 13.9. The van der Waals surface area contributed by atoms with Gasteiger partial charge in [-0.05, 0) is 68.1 Å². The fourth-order valence-electron chi connectivity index (χ4n) is 9.31. The van der Waals surface area contributed by atoms with Gasteiger partial charge in [-0.2, -0.15) is 0 Å². The Bertz CT molecular complexity index is 780. The summed E-state index contributed by atoms with van der Waals surface area (Å²) in [6.45, 7) is 13.4. The predicted molar refractivity (Wildman–Crippen MR) is 124 cm³/mol. The summed E-state index contributed by atoms with van der Waals surface area (Å²) >= 11 is 0. The van der Waals surface area contributed by atoms with E-state index in [2.05, 4.69) is 41.5 Å². The maximum absolute atomic E-state index is 13.9. The molecule has 1 spiro atoms. The molecular weight excluding hydrogens is 400 g/mol. The molecule has 1 saturated heterocycles. The van der Waals surface area contributed by atoms with Gasteiger partial charge in [-0.15, -0.1) is 0 Å². The van der Waals surface area contributed by atoms with Crippen LogP contribution in [-0.4, -0.2) is 29.6 Å². The van der Waals surface area contributed by atoms with E-state index >= 15 is 0 Å². The summed E-state index contributed by atoms with van der Waals surface area (Å²) in [5.41, 5.74) is -0.261. The number of fused-ring (bicyclic) bond motifs is 5. The fraction of sp³-hybridized carbons (Fsp3) is 0.929. The van der Waals surface area contributed by atoms with E-state index in [1.165, 1.54) is 12.8 Å². The molecule has 0 amide bonds. The van der Waals surface area contributed by atoms with E-state index in [0.717, 1.165) is 32.1 Å². The maximum Gasteiger partial charge on any atom is 0.169 e. The first-order valence-corrected chi connectivity index (χ1v) is 13.5. The minimum atomic E-state index is -0.517. The number of rotatable bonds is 3. The van der Waals surface area contributed by atoms with Crippen molar-refractivity contribution in [2.75, 3.05) is 0 Å². The largest absolute Gasteiger partial charge is 0.344 e. The van der Waals surface area contributed by atoms with Gasteiger partial charge >= 0.3 is 0 Å². The van der Waals surface area contributed by atoms with Crippen LogP contribution in [0.5, 0.6) is 0 Å². The van der Waals surface area contributed by atoms with Gasteiger partial charge in [-0.1, -0.05) is 40.5 Å². The van der Waals surface area contributed by atoms with Crippen molar-refractivity contribution in [2.24, 2.45) is 46.3 Å². The zero-order valence-electron chi connectivity index (χ0n) is 21.1. The molecule has 180 valence electrons. The minimum absolute atomic E-state index is 0.0374. The molecule has 0 N–H and O–H groups in total. The van der Waals surface area contributed by atoms with Crippen molar-refractivity contribution in [1.82, 2.24) is 0 Å². The molecule has 0 aromatic rings. The summed E-state index contributed by atoms with van der Waals surface area (Å²) in [5, 5.41) is 0. The molecule has 0 bridgehead atoms. The summed E-state index contributed by atoms with van der Waals surface area (Å²) in [6.07, 6.45) is 8.66. The highest BCUT2D eigenvalue weighted by Gasteiger charge is 2.67. The lowest BCUT2D eigenvalue weighted by molar-refractivity contribution is -0.235. The lowest BCUT2D eigenvalue weighted by Crippen LogP contribution is -2.61. The van der Waals surface area contributed by atoms with Crippen molar-refractivity contribution in [3.05, 3.63) is 0 Å². The number of hydrogen-bond donors (Lipinski definition) is 0. The monoisotopic (exact) mass is 444 g/mol. The average Bonchev–Trinajstić information content (AvgIpc) is 3.22. The molecule has 10 atom stereocenters. The summed E-state index contributed by atoms with van der Waals surface area (Å²) < 4.78 is 12.7. The molecule has 5 fully saturated rings. The van der Waals surface area contributed by atoms with E-state index in [4.69, 9.17) is 9.47 Å². The Morgan fingerprint density at radius 1 is 1.00 bits per heavy atom. The lowest BCUT2D eigenvalue weighted by atomic mass is 9.43. The highest BCUT2D eigenvalue weighted by molar-refractivity contribution is 5.92. The van der Waals surface area contributed by atoms with Crippen LogP contribution in [0, 0.1) is 46.3 Å². The number of ketones is 2. The van der Waals surface area contributed by atoms with E-state index in [9.17, 15) is 9.59 Å². The number of carbonyl (C=O) groups excluding carboxylic acids is 2. The molecule has 8 unspecified atom stereocenters. The third-order valence-corrected chi connectivity index (χ3v) is 11.3. The zero-order chi connectivity index (χ0) is 23.1. The molecule has 5 rings (SSSR count). The van der Waals surface area contributed by atoms with Crippen LogP contribution in [0.25, 0.3) is 0 Å². The van der Waals surface area contributed by atoms with Gasteiger partial charge in [0.1, 0.15) is 11.6 Å². The second kappa shape index (κ2) is 7.63. The Kier molecular flexibility index (Phi) is 5.49. The first kappa shape index (κ1) is 23.0. The molecular formula is C28H44O4. The number of hydrogen-bond acceptors (Lipinski definition) is 4. The van der Waals surface area contributed by atoms with Crippen molar-refractivity contribution >= 4 is 11.6 Å². The highest BCUT2D eigenvalue weighted by atomic mass is 16.8. The Morgan fingerprint density at radius 2 is 1.69 bits per heavy atom. The Balaban J connectivity index is 1.43. The van der Waals surface area contributed by atoms with E-state index < -0.39 is 5.79 Å². The first-order valence-electron chi connectivity index (χ1n) is 13.5. The summed E-state index contributed by atoms with van der Waals surface area (Å²) in [7, 11) is 0. The van der Waals surface area contributed by atoms with E-state index in [1.54, 1.807) is 0 Å². The number of carbonyl (C=O) groups is 2. The first-order chi connectivity index (χ1) is 15.1. The van der Waals surface area contributed by atoms with Crippen LogP contribution in [0.4, 0.5) is 0 Å². The SMILES string of the molecule is CCCC(C)C1CCC2C3C(=O)CC4CC5(CC[C@]4(C)C3CC(=O)[C@]12C)OC(C)C(C)O5. The average molecular weight is 445 g/mol. The topological polar surface area (TPSA) is 52.6 Å². The molecule has 0 aromatic carbocycles. The van der Waals surface area contributed by atoms with Crippen LogP contribution in [0.15, 0.2) is 0 Å². The molecule has 4 aliphatic carbocycles. The van der Waals surface area contributed by atoms with Gasteiger partial charge in [0.15, 0.2) is 5.79 Å². The smallest absolute Gasteiger partial charge is 0.169 e. The van der Waals surface area contributed by atoms with Crippen LogP contribution in [0.3, 0.4) is 0 Å². The van der Waals surface area contributed by atoms with Crippen LogP contribution in [0.2, 0.25) is 0 Å².